The van der Waals surface area contributed by atoms with Crippen molar-refractivity contribution in [2.75, 3.05) is 26.1 Å². The average Bonchev–Trinajstić information content (AvgIpc) is 3.22. The van der Waals surface area contributed by atoms with Crippen LogP contribution in [0.25, 0.3) is 11.3 Å². The third-order valence-electron chi connectivity index (χ3n) is 4.92. The first kappa shape index (κ1) is 23.1. The zero-order chi connectivity index (χ0) is 23.4. The van der Waals surface area contributed by atoms with Crippen molar-refractivity contribution in [2.45, 2.75) is 20.8 Å². The minimum atomic E-state index is -0.644. The molecule has 0 aliphatic heterocycles. The van der Waals surface area contributed by atoms with E-state index in [1.54, 1.807) is 0 Å². The second kappa shape index (κ2) is 9.69. The number of ether oxygens (including phenoxy) is 3. The Bertz CT molecular complexity index is 1150. The summed E-state index contributed by atoms with van der Waals surface area (Å²) in [5, 5.41) is 5.19. The fraction of sp³-hybridized carbons (Fsp3) is 0.261. The summed E-state index contributed by atoms with van der Waals surface area (Å²) in [4.78, 5) is 28.5. The maximum absolute atomic E-state index is 12.9. The molecule has 1 aromatic heterocycles. The molecular formula is C23H25N3O5S. The molecule has 0 unspecified atom stereocenters. The van der Waals surface area contributed by atoms with E-state index in [0.717, 1.165) is 16.8 Å². The number of carbonyl (C=O) groups is 2. The Labute approximate surface area is 190 Å². The SMILES string of the molecule is COc1cc(C(=O)Nc2nc(-c3cc(C)c(C)cc3C)cs2)cc(OC)c1OCC(N)=O. The fourth-order valence-electron chi connectivity index (χ4n) is 3.16. The summed E-state index contributed by atoms with van der Waals surface area (Å²) >= 11 is 1.34. The van der Waals surface area contributed by atoms with Crippen molar-refractivity contribution in [3.8, 4) is 28.5 Å². The Kier molecular flexibility index (Phi) is 6.99. The monoisotopic (exact) mass is 455 g/mol. The van der Waals surface area contributed by atoms with E-state index >= 15 is 0 Å². The van der Waals surface area contributed by atoms with Crippen molar-refractivity contribution < 1.29 is 23.8 Å². The standard InChI is InChI=1S/C23H25N3O5S/c1-12-6-14(3)16(7-13(12)2)17-11-32-23(25-17)26-22(28)15-8-18(29-4)21(19(9-15)30-5)31-10-20(24)27/h6-9,11H,10H2,1-5H3,(H2,24,27)(H,25,26,28). The first-order valence-corrected chi connectivity index (χ1v) is 10.6. The van der Waals surface area contributed by atoms with Crippen LogP contribution in [-0.4, -0.2) is 37.6 Å². The summed E-state index contributed by atoms with van der Waals surface area (Å²) in [6, 6.07) is 7.22. The van der Waals surface area contributed by atoms with Crippen molar-refractivity contribution in [1.29, 1.82) is 0 Å². The zero-order valence-electron chi connectivity index (χ0n) is 18.6. The molecule has 3 aromatic rings. The minimum Gasteiger partial charge on any atom is -0.493 e. The van der Waals surface area contributed by atoms with E-state index in [1.807, 2.05) is 12.3 Å². The molecule has 0 aliphatic carbocycles. The Morgan fingerprint density at radius 1 is 1.00 bits per heavy atom. The molecule has 0 aliphatic rings. The lowest BCUT2D eigenvalue weighted by atomic mass is 9.99. The van der Waals surface area contributed by atoms with Gasteiger partial charge in [0.2, 0.25) is 5.75 Å². The van der Waals surface area contributed by atoms with Crippen LogP contribution in [0.15, 0.2) is 29.6 Å². The predicted octanol–water partition coefficient (Wildman–Crippen LogP) is 3.87. The van der Waals surface area contributed by atoms with Gasteiger partial charge in [0.15, 0.2) is 23.2 Å². The number of rotatable bonds is 8. The number of amides is 2. The Hall–Kier alpha value is -3.59. The third-order valence-corrected chi connectivity index (χ3v) is 5.68. The van der Waals surface area contributed by atoms with Gasteiger partial charge in [0, 0.05) is 16.5 Å². The van der Waals surface area contributed by atoms with E-state index in [1.165, 1.54) is 48.8 Å². The van der Waals surface area contributed by atoms with Crippen LogP contribution in [0.2, 0.25) is 0 Å². The number of nitrogens with one attached hydrogen (secondary N) is 1. The normalized spacial score (nSPS) is 10.5. The summed E-state index contributed by atoms with van der Waals surface area (Å²) in [6.07, 6.45) is 0. The van der Waals surface area contributed by atoms with Crippen LogP contribution in [0, 0.1) is 20.8 Å². The molecule has 3 N–H and O–H groups in total. The molecule has 8 nitrogen and oxygen atoms in total. The summed E-state index contributed by atoms with van der Waals surface area (Å²) in [5.41, 5.74) is 10.8. The molecular weight excluding hydrogens is 430 g/mol. The van der Waals surface area contributed by atoms with Crippen LogP contribution in [0.5, 0.6) is 17.2 Å². The van der Waals surface area contributed by atoms with Crippen molar-refractivity contribution in [1.82, 2.24) is 4.98 Å². The summed E-state index contributed by atoms with van der Waals surface area (Å²) in [7, 11) is 2.85. The number of thiazole rings is 1. The molecule has 0 spiro atoms. The number of carbonyl (C=O) groups excluding carboxylic acids is 2. The number of anilines is 1. The van der Waals surface area contributed by atoms with Crippen LogP contribution in [-0.2, 0) is 4.79 Å². The quantitative estimate of drug-likeness (QED) is 0.533. The smallest absolute Gasteiger partial charge is 0.257 e. The highest BCUT2D eigenvalue weighted by Crippen LogP contribution is 2.39. The lowest BCUT2D eigenvalue weighted by molar-refractivity contribution is -0.120. The molecule has 1 heterocycles. The molecule has 0 bridgehead atoms. The molecule has 0 radical (unpaired) electrons. The van der Waals surface area contributed by atoms with Gasteiger partial charge in [-0.1, -0.05) is 6.07 Å². The van der Waals surface area contributed by atoms with Gasteiger partial charge in [-0.25, -0.2) is 4.98 Å². The molecule has 0 fully saturated rings. The number of aromatic nitrogens is 1. The second-order valence-electron chi connectivity index (χ2n) is 7.21. The average molecular weight is 456 g/mol. The number of hydrogen-bond acceptors (Lipinski definition) is 7. The predicted molar refractivity (Wildman–Crippen MR) is 124 cm³/mol. The minimum absolute atomic E-state index is 0.187. The van der Waals surface area contributed by atoms with Gasteiger partial charge in [-0.05, 0) is 55.7 Å². The van der Waals surface area contributed by atoms with Crippen molar-refractivity contribution in [2.24, 2.45) is 5.73 Å². The zero-order valence-corrected chi connectivity index (χ0v) is 19.4. The van der Waals surface area contributed by atoms with Gasteiger partial charge in [-0.15, -0.1) is 11.3 Å². The highest BCUT2D eigenvalue weighted by atomic mass is 32.1. The second-order valence-corrected chi connectivity index (χ2v) is 8.07. The maximum atomic E-state index is 12.9. The highest BCUT2D eigenvalue weighted by molar-refractivity contribution is 7.14. The van der Waals surface area contributed by atoms with Gasteiger partial charge < -0.3 is 19.9 Å². The van der Waals surface area contributed by atoms with Gasteiger partial charge in [-0.2, -0.15) is 0 Å². The topological polar surface area (TPSA) is 113 Å². The van der Waals surface area contributed by atoms with Gasteiger partial charge in [0.1, 0.15) is 0 Å². The van der Waals surface area contributed by atoms with E-state index < -0.39 is 5.91 Å². The molecule has 168 valence electrons. The number of methoxy groups -OCH3 is 2. The number of benzene rings is 2. The highest BCUT2D eigenvalue weighted by Gasteiger charge is 2.19. The van der Waals surface area contributed by atoms with Crippen LogP contribution in [0.4, 0.5) is 5.13 Å². The van der Waals surface area contributed by atoms with Crippen LogP contribution in [0.3, 0.4) is 0 Å². The van der Waals surface area contributed by atoms with E-state index in [-0.39, 0.29) is 35.3 Å². The first-order valence-electron chi connectivity index (χ1n) is 9.75. The number of nitrogens with zero attached hydrogens (tertiary/aromatic N) is 1. The molecule has 2 aromatic carbocycles. The van der Waals surface area contributed by atoms with Crippen LogP contribution < -0.4 is 25.3 Å². The van der Waals surface area contributed by atoms with Gasteiger partial charge in [0.05, 0.1) is 19.9 Å². The van der Waals surface area contributed by atoms with Gasteiger partial charge in [-0.3, -0.25) is 14.9 Å². The lowest BCUT2D eigenvalue weighted by Gasteiger charge is -2.15. The van der Waals surface area contributed by atoms with Gasteiger partial charge in [0.25, 0.3) is 11.8 Å². The van der Waals surface area contributed by atoms with Crippen LogP contribution >= 0.6 is 11.3 Å². The van der Waals surface area contributed by atoms with Crippen LogP contribution in [0.1, 0.15) is 27.0 Å². The molecule has 2 amide bonds. The van der Waals surface area contributed by atoms with Crippen molar-refractivity contribution in [3.63, 3.8) is 0 Å². The Morgan fingerprint density at radius 3 is 2.22 bits per heavy atom. The molecule has 3 rings (SSSR count). The van der Waals surface area contributed by atoms with E-state index in [4.69, 9.17) is 19.9 Å². The lowest BCUT2D eigenvalue weighted by Crippen LogP contribution is -2.20. The van der Waals surface area contributed by atoms with E-state index in [9.17, 15) is 9.59 Å². The molecule has 9 heteroatoms. The summed E-state index contributed by atoms with van der Waals surface area (Å²) < 4.78 is 16.0. The van der Waals surface area contributed by atoms with Crippen molar-refractivity contribution in [3.05, 3.63) is 51.9 Å². The Morgan fingerprint density at radius 2 is 1.62 bits per heavy atom. The third kappa shape index (κ3) is 5.00. The van der Waals surface area contributed by atoms with E-state index in [2.05, 4.69) is 36.3 Å². The molecule has 0 atom stereocenters. The maximum Gasteiger partial charge on any atom is 0.257 e. The van der Waals surface area contributed by atoms with Gasteiger partial charge >= 0.3 is 0 Å². The number of nitrogens with two attached hydrogens (primary N) is 1. The number of aryl methyl sites for hydroxylation is 3. The summed E-state index contributed by atoms with van der Waals surface area (Å²) in [6.45, 7) is 5.83. The number of primary amides is 1. The molecule has 0 saturated carbocycles. The van der Waals surface area contributed by atoms with Crippen molar-refractivity contribution >= 4 is 28.3 Å². The molecule has 0 saturated heterocycles. The number of hydrogen-bond donors (Lipinski definition) is 2. The van der Waals surface area contributed by atoms with E-state index in [0.29, 0.717) is 5.13 Å². The summed E-state index contributed by atoms with van der Waals surface area (Å²) in [5.74, 6) is -0.370. The largest absolute Gasteiger partial charge is 0.493 e. The Balaban J connectivity index is 1.85. The fourth-order valence-corrected chi connectivity index (χ4v) is 3.86. The first-order chi connectivity index (χ1) is 15.2. The molecule has 32 heavy (non-hydrogen) atoms.